The molecule has 1 fully saturated rings. The van der Waals surface area contributed by atoms with Crippen molar-refractivity contribution < 1.29 is 14.4 Å². The Morgan fingerprint density at radius 3 is 2.38 bits per heavy atom. The first-order valence-electron chi connectivity index (χ1n) is 8.04. The summed E-state index contributed by atoms with van der Waals surface area (Å²) in [4.78, 5) is 40.3. The summed E-state index contributed by atoms with van der Waals surface area (Å²) in [6.45, 7) is 5.61. The van der Waals surface area contributed by atoms with Crippen LogP contribution in [0.15, 0.2) is 17.5 Å². The Balaban J connectivity index is 1.76. The van der Waals surface area contributed by atoms with Gasteiger partial charge in [-0.15, -0.1) is 11.3 Å². The van der Waals surface area contributed by atoms with Gasteiger partial charge >= 0.3 is 0 Å². The molecule has 1 aromatic heterocycles. The number of rotatable bonds is 5. The highest BCUT2D eigenvalue weighted by Crippen LogP contribution is 2.13. The van der Waals surface area contributed by atoms with E-state index >= 15 is 0 Å². The predicted molar refractivity (Wildman–Crippen MR) is 92.6 cm³/mol. The summed E-state index contributed by atoms with van der Waals surface area (Å²) in [7, 11) is 0. The van der Waals surface area contributed by atoms with Gasteiger partial charge < -0.3 is 20.9 Å². The fourth-order valence-electron chi connectivity index (χ4n) is 2.41. The largest absolute Gasteiger partial charge is 0.346 e. The number of carbonyl (C=O) groups is 3. The molecule has 1 aliphatic rings. The van der Waals surface area contributed by atoms with Gasteiger partial charge in [0, 0.05) is 26.2 Å². The Morgan fingerprint density at radius 1 is 1.21 bits per heavy atom. The highest BCUT2D eigenvalue weighted by Gasteiger charge is 2.26. The van der Waals surface area contributed by atoms with E-state index in [1.807, 2.05) is 25.3 Å². The van der Waals surface area contributed by atoms with Crippen LogP contribution in [0, 0.1) is 5.92 Å². The normalized spacial score (nSPS) is 16.2. The van der Waals surface area contributed by atoms with Gasteiger partial charge in [-0.2, -0.15) is 0 Å². The highest BCUT2D eigenvalue weighted by atomic mass is 32.1. The first-order valence-corrected chi connectivity index (χ1v) is 8.92. The van der Waals surface area contributed by atoms with Crippen molar-refractivity contribution in [2.75, 3.05) is 32.7 Å². The lowest BCUT2D eigenvalue weighted by Crippen LogP contribution is -2.53. The molecule has 24 heavy (non-hydrogen) atoms. The number of nitrogens with zero attached hydrogens (tertiary/aromatic N) is 2. The summed E-state index contributed by atoms with van der Waals surface area (Å²) in [5.41, 5.74) is 5.74. The van der Waals surface area contributed by atoms with Crippen molar-refractivity contribution in [1.29, 1.82) is 0 Å². The van der Waals surface area contributed by atoms with Crippen LogP contribution in [0.1, 0.15) is 23.5 Å². The van der Waals surface area contributed by atoms with Crippen LogP contribution in [0.5, 0.6) is 0 Å². The van der Waals surface area contributed by atoms with Crippen molar-refractivity contribution in [3.05, 3.63) is 22.4 Å². The van der Waals surface area contributed by atoms with Gasteiger partial charge in [-0.3, -0.25) is 14.4 Å². The van der Waals surface area contributed by atoms with Crippen LogP contribution in [0.4, 0.5) is 0 Å². The Hall–Kier alpha value is -1.93. The lowest BCUT2D eigenvalue weighted by molar-refractivity contribution is -0.134. The monoisotopic (exact) mass is 352 g/mol. The Kier molecular flexibility index (Phi) is 6.33. The van der Waals surface area contributed by atoms with Crippen molar-refractivity contribution in [2.24, 2.45) is 11.7 Å². The maximum atomic E-state index is 12.3. The Labute approximate surface area is 145 Å². The smallest absolute Gasteiger partial charge is 0.264 e. The van der Waals surface area contributed by atoms with Crippen LogP contribution >= 0.6 is 11.3 Å². The third-order valence-electron chi connectivity index (χ3n) is 4.09. The van der Waals surface area contributed by atoms with E-state index in [4.69, 9.17) is 5.73 Å². The van der Waals surface area contributed by atoms with Crippen LogP contribution in [0.2, 0.25) is 0 Å². The molecule has 8 heteroatoms. The molecule has 2 rings (SSSR count). The number of thiophene rings is 1. The molecular formula is C16H24N4O3S. The molecule has 1 aliphatic heterocycles. The molecule has 0 radical (unpaired) electrons. The van der Waals surface area contributed by atoms with Crippen LogP contribution in [-0.2, 0) is 9.59 Å². The summed E-state index contributed by atoms with van der Waals surface area (Å²) in [5, 5.41) is 4.46. The second-order valence-electron chi connectivity index (χ2n) is 6.14. The number of hydrogen-bond donors (Lipinski definition) is 2. The minimum atomic E-state index is -0.613. The van der Waals surface area contributed by atoms with Crippen LogP contribution in [0.25, 0.3) is 0 Å². The zero-order valence-corrected chi connectivity index (χ0v) is 14.8. The molecule has 1 saturated heterocycles. The summed E-state index contributed by atoms with van der Waals surface area (Å²) in [6.07, 6.45) is 0. The van der Waals surface area contributed by atoms with Gasteiger partial charge in [0.25, 0.3) is 5.91 Å². The van der Waals surface area contributed by atoms with E-state index in [0.717, 1.165) is 0 Å². The number of amides is 3. The maximum Gasteiger partial charge on any atom is 0.264 e. The van der Waals surface area contributed by atoms with Crippen LogP contribution in [0.3, 0.4) is 0 Å². The number of piperazine rings is 1. The number of carbonyl (C=O) groups excluding carboxylic acids is 3. The number of nitrogens with two attached hydrogens (primary N) is 1. The van der Waals surface area contributed by atoms with Crippen molar-refractivity contribution in [3.8, 4) is 0 Å². The van der Waals surface area contributed by atoms with E-state index in [2.05, 4.69) is 5.32 Å². The SMILES string of the molecule is CC(C)[C@H](N)C(=O)NCC(=O)N1CCN(C(=O)c2cccs2)CC1. The molecule has 0 aromatic carbocycles. The zero-order chi connectivity index (χ0) is 17.7. The molecule has 3 N–H and O–H groups in total. The van der Waals surface area contributed by atoms with Crippen molar-refractivity contribution in [2.45, 2.75) is 19.9 Å². The molecule has 3 amide bonds. The van der Waals surface area contributed by atoms with Gasteiger partial charge in [0.2, 0.25) is 11.8 Å². The average molecular weight is 352 g/mol. The van der Waals surface area contributed by atoms with Gasteiger partial charge in [-0.25, -0.2) is 0 Å². The molecule has 0 aliphatic carbocycles. The summed E-state index contributed by atoms with van der Waals surface area (Å²) in [6, 6.07) is 3.04. The second-order valence-corrected chi connectivity index (χ2v) is 7.09. The molecule has 0 bridgehead atoms. The van der Waals surface area contributed by atoms with Crippen molar-refractivity contribution in [1.82, 2.24) is 15.1 Å². The van der Waals surface area contributed by atoms with Gasteiger partial charge in [-0.05, 0) is 17.4 Å². The standard InChI is InChI=1S/C16H24N4O3S/c1-11(2)14(17)15(22)18-10-13(21)19-5-7-20(8-6-19)16(23)12-4-3-9-24-12/h3-4,9,11,14H,5-8,10,17H2,1-2H3,(H,18,22)/t14-/m0/s1. The van der Waals surface area contributed by atoms with Crippen LogP contribution < -0.4 is 11.1 Å². The van der Waals surface area contributed by atoms with Crippen molar-refractivity contribution in [3.63, 3.8) is 0 Å². The minimum absolute atomic E-state index is 0.00769. The lowest BCUT2D eigenvalue weighted by atomic mass is 10.1. The fourth-order valence-corrected chi connectivity index (χ4v) is 3.10. The molecule has 7 nitrogen and oxygen atoms in total. The van der Waals surface area contributed by atoms with Gasteiger partial charge in [0.1, 0.15) is 0 Å². The second kappa shape index (κ2) is 8.25. The van der Waals surface area contributed by atoms with Crippen LogP contribution in [-0.4, -0.2) is 66.3 Å². The van der Waals surface area contributed by atoms with Gasteiger partial charge in [-0.1, -0.05) is 19.9 Å². The van der Waals surface area contributed by atoms with E-state index in [0.29, 0.717) is 31.1 Å². The topological polar surface area (TPSA) is 95.7 Å². The molecule has 132 valence electrons. The van der Waals surface area contributed by atoms with Gasteiger partial charge in [0.05, 0.1) is 17.5 Å². The first-order chi connectivity index (χ1) is 11.4. The molecule has 0 unspecified atom stereocenters. The van der Waals surface area contributed by atoms with E-state index < -0.39 is 6.04 Å². The molecular weight excluding hydrogens is 328 g/mol. The summed E-state index contributed by atoms with van der Waals surface area (Å²) in [5.74, 6) is -0.437. The Morgan fingerprint density at radius 2 is 1.83 bits per heavy atom. The quantitative estimate of drug-likeness (QED) is 0.787. The summed E-state index contributed by atoms with van der Waals surface area (Å²) < 4.78 is 0. The lowest BCUT2D eigenvalue weighted by Gasteiger charge is -2.34. The molecule has 0 saturated carbocycles. The maximum absolute atomic E-state index is 12.3. The van der Waals surface area contributed by atoms with Gasteiger partial charge in [0.15, 0.2) is 0 Å². The Bertz CT molecular complexity index is 580. The minimum Gasteiger partial charge on any atom is -0.346 e. The third-order valence-corrected chi connectivity index (χ3v) is 4.94. The third kappa shape index (κ3) is 4.55. The number of hydrogen-bond acceptors (Lipinski definition) is 5. The average Bonchev–Trinajstić information content (AvgIpc) is 3.12. The highest BCUT2D eigenvalue weighted by molar-refractivity contribution is 7.12. The molecule has 0 spiro atoms. The molecule has 1 aromatic rings. The van der Waals surface area contributed by atoms with E-state index in [1.54, 1.807) is 15.9 Å². The number of nitrogens with one attached hydrogen (secondary N) is 1. The zero-order valence-electron chi connectivity index (χ0n) is 14.0. The molecule has 2 heterocycles. The van der Waals surface area contributed by atoms with E-state index in [1.165, 1.54) is 11.3 Å². The summed E-state index contributed by atoms with van der Waals surface area (Å²) >= 11 is 1.42. The van der Waals surface area contributed by atoms with Crippen molar-refractivity contribution >= 4 is 29.1 Å². The predicted octanol–water partition coefficient (Wildman–Crippen LogP) is 0.132. The van der Waals surface area contributed by atoms with E-state index in [9.17, 15) is 14.4 Å². The molecule has 1 atom stereocenters. The van der Waals surface area contributed by atoms with E-state index in [-0.39, 0.29) is 30.2 Å². The fraction of sp³-hybridized carbons (Fsp3) is 0.562. The first kappa shape index (κ1) is 18.4.